The van der Waals surface area contributed by atoms with Crippen molar-refractivity contribution < 1.29 is 37.5 Å². The molecule has 0 bridgehead atoms. The Balaban J connectivity index is 3.02. The molecule has 4 unspecified atom stereocenters. The van der Waals surface area contributed by atoms with Crippen LogP contribution in [0.5, 0.6) is 0 Å². The highest BCUT2D eigenvalue weighted by atomic mass is 19.3. The van der Waals surface area contributed by atoms with E-state index in [1.54, 1.807) is 20.8 Å². The van der Waals surface area contributed by atoms with E-state index in [4.69, 9.17) is 10.5 Å². The molecule has 1 heterocycles. The second-order valence-corrected chi connectivity index (χ2v) is 10.4. The normalized spacial score (nSPS) is 19.3. The molecule has 13 heteroatoms. The fraction of sp³-hybridized carbons (Fsp3) is 0.783. The van der Waals surface area contributed by atoms with Crippen molar-refractivity contribution in [2.45, 2.75) is 84.6 Å². The molecule has 206 valence electrons. The Labute approximate surface area is 210 Å². The van der Waals surface area contributed by atoms with Gasteiger partial charge in [0.05, 0.1) is 23.5 Å². The second kappa shape index (κ2) is 13.5. The zero-order valence-corrected chi connectivity index (χ0v) is 21.7. The first kappa shape index (κ1) is 31.2. The summed E-state index contributed by atoms with van der Waals surface area (Å²) < 4.78 is 31.5. The van der Waals surface area contributed by atoms with Gasteiger partial charge in [0.25, 0.3) is 5.91 Å². The molecule has 0 radical (unpaired) electrons. The molecular weight excluding hydrogens is 480 g/mol. The van der Waals surface area contributed by atoms with Crippen LogP contribution in [0.2, 0.25) is 0 Å². The lowest BCUT2D eigenvalue weighted by atomic mass is 9.90. The lowest BCUT2D eigenvalue weighted by Crippen LogP contribution is -2.59. The van der Waals surface area contributed by atoms with Crippen LogP contribution in [-0.2, 0) is 28.7 Å². The number of carbonyl (C=O) groups excluding carboxylic acids is 5. The average molecular weight is 520 g/mol. The zero-order valence-electron chi connectivity index (χ0n) is 21.7. The highest BCUT2D eigenvalue weighted by Gasteiger charge is 2.37. The summed E-state index contributed by atoms with van der Waals surface area (Å²) in [5, 5.41) is 9.66. The van der Waals surface area contributed by atoms with Gasteiger partial charge < -0.3 is 31.7 Å². The number of hydrogen-bond donors (Lipinski definition) is 5. The van der Waals surface area contributed by atoms with Crippen LogP contribution in [0.1, 0.15) is 54.4 Å². The topological polar surface area (TPSA) is 169 Å². The highest BCUT2D eigenvalue weighted by molar-refractivity contribution is 5.93. The summed E-state index contributed by atoms with van der Waals surface area (Å²) in [4.78, 5) is 61.6. The van der Waals surface area contributed by atoms with E-state index in [9.17, 15) is 32.8 Å². The predicted molar refractivity (Wildman–Crippen MR) is 126 cm³/mol. The second-order valence-electron chi connectivity index (χ2n) is 10.4. The van der Waals surface area contributed by atoms with E-state index < -0.39 is 65.7 Å². The van der Waals surface area contributed by atoms with Crippen LogP contribution in [0, 0.1) is 17.8 Å². The van der Waals surface area contributed by atoms with Crippen molar-refractivity contribution in [1.29, 1.82) is 0 Å². The lowest BCUT2D eigenvalue weighted by Gasteiger charge is -2.32. The quantitative estimate of drug-likeness (QED) is 0.226. The molecule has 11 nitrogen and oxygen atoms in total. The first-order valence-electron chi connectivity index (χ1n) is 11.9. The molecule has 1 saturated heterocycles. The molecule has 0 saturated carbocycles. The summed E-state index contributed by atoms with van der Waals surface area (Å²) in [5.41, 5.74) is 4.69. The fourth-order valence-electron chi connectivity index (χ4n) is 3.97. The number of nitrogens with one attached hydrogen (secondary N) is 4. The van der Waals surface area contributed by atoms with Crippen molar-refractivity contribution in [3.8, 4) is 0 Å². The average Bonchev–Trinajstić information content (AvgIpc) is 3.14. The van der Waals surface area contributed by atoms with Gasteiger partial charge in [0, 0.05) is 13.1 Å². The Morgan fingerprint density at radius 3 is 2.14 bits per heavy atom. The minimum atomic E-state index is -3.35. The Kier molecular flexibility index (Phi) is 11.7. The van der Waals surface area contributed by atoms with E-state index in [-0.39, 0.29) is 24.8 Å². The van der Waals surface area contributed by atoms with Gasteiger partial charge in [0.2, 0.25) is 23.6 Å². The molecule has 0 aromatic rings. The van der Waals surface area contributed by atoms with Crippen molar-refractivity contribution in [2.75, 3.05) is 13.1 Å². The Morgan fingerprint density at radius 2 is 1.69 bits per heavy atom. The summed E-state index contributed by atoms with van der Waals surface area (Å²) in [6, 6.07) is -2.62. The summed E-state index contributed by atoms with van der Waals surface area (Å²) in [6.45, 7) is 10.3. The third kappa shape index (κ3) is 10.0. The van der Waals surface area contributed by atoms with E-state index in [2.05, 4.69) is 16.0 Å². The molecule has 0 aromatic heterocycles. The minimum absolute atomic E-state index is 0.0639. The number of alkyl halides is 2. The van der Waals surface area contributed by atoms with E-state index in [1.165, 1.54) is 6.92 Å². The number of nitrogens with two attached hydrogens (primary N) is 1. The van der Waals surface area contributed by atoms with E-state index in [0.29, 0.717) is 13.0 Å². The van der Waals surface area contributed by atoms with Gasteiger partial charge in [-0.25, -0.2) is 0 Å². The van der Waals surface area contributed by atoms with Gasteiger partial charge in [-0.2, -0.15) is 8.78 Å². The van der Waals surface area contributed by atoms with Crippen molar-refractivity contribution in [1.82, 2.24) is 21.3 Å². The van der Waals surface area contributed by atoms with Crippen LogP contribution in [0.25, 0.3) is 0 Å². The molecule has 6 N–H and O–H groups in total. The molecule has 5 amide bonds. The monoisotopic (exact) mass is 519 g/mol. The molecule has 36 heavy (non-hydrogen) atoms. The van der Waals surface area contributed by atoms with Crippen molar-refractivity contribution in [2.24, 2.45) is 23.5 Å². The third-order valence-corrected chi connectivity index (χ3v) is 5.57. The van der Waals surface area contributed by atoms with Crippen LogP contribution in [0.3, 0.4) is 0 Å². The Bertz CT molecular complexity index is 817. The standard InChI is InChI=1S/C23H39F2N5O6/c1-11(2)9-15(20(33)28-10-14(18(26)31)13-7-8-27-19(13)32)29-21(34)16(30-22(35)17(24)25)12(3)36-23(4,5)6/h11-17H,7-10H2,1-6H3,(H2,26,31)(H,27,32)(H,28,33)(H,29,34)(H,30,35)/t12?,13?,14?,15-,16?/m0/s1. The van der Waals surface area contributed by atoms with E-state index >= 15 is 0 Å². The maximum absolute atomic E-state index is 13.1. The maximum Gasteiger partial charge on any atom is 0.315 e. The summed E-state index contributed by atoms with van der Waals surface area (Å²) >= 11 is 0. The maximum atomic E-state index is 13.1. The van der Waals surface area contributed by atoms with Crippen LogP contribution in [0.4, 0.5) is 8.78 Å². The molecular formula is C23H39F2N5O6. The number of rotatable bonds is 13. The Hall–Kier alpha value is -2.83. The van der Waals surface area contributed by atoms with Gasteiger partial charge in [0.1, 0.15) is 12.1 Å². The smallest absolute Gasteiger partial charge is 0.315 e. The number of hydrogen-bond acceptors (Lipinski definition) is 6. The number of primary amides is 1. The molecule has 1 fully saturated rings. The Morgan fingerprint density at radius 1 is 1.08 bits per heavy atom. The molecule has 0 spiro atoms. The van der Waals surface area contributed by atoms with Gasteiger partial charge in [0.15, 0.2) is 0 Å². The lowest BCUT2D eigenvalue weighted by molar-refractivity contribution is -0.143. The van der Waals surface area contributed by atoms with Crippen LogP contribution in [-0.4, -0.2) is 72.8 Å². The third-order valence-electron chi connectivity index (χ3n) is 5.57. The molecule has 5 atom stereocenters. The first-order chi connectivity index (χ1) is 16.5. The van der Waals surface area contributed by atoms with Gasteiger partial charge in [-0.3, -0.25) is 24.0 Å². The van der Waals surface area contributed by atoms with Crippen molar-refractivity contribution in [3.05, 3.63) is 0 Å². The predicted octanol–water partition coefficient (Wildman–Crippen LogP) is -0.175. The molecule has 1 rings (SSSR count). The number of carbonyl (C=O) groups is 5. The van der Waals surface area contributed by atoms with Gasteiger partial charge in [-0.05, 0) is 46.5 Å². The number of halogens is 2. The highest BCUT2D eigenvalue weighted by Crippen LogP contribution is 2.20. The number of ether oxygens (including phenoxy) is 1. The number of amides is 5. The zero-order chi connectivity index (χ0) is 27.8. The van der Waals surface area contributed by atoms with E-state index in [0.717, 1.165) is 0 Å². The van der Waals surface area contributed by atoms with Gasteiger partial charge >= 0.3 is 6.43 Å². The van der Waals surface area contributed by atoms with Crippen LogP contribution < -0.4 is 27.0 Å². The fourth-order valence-corrected chi connectivity index (χ4v) is 3.97. The van der Waals surface area contributed by atoms with Crippen LogP contribution >= 0.6 is 0 Å². The molecule has 1 aliphatic rings. The summed E-state index contributed by atoms with van der Waals surface area (Å²) in [5.74, 6) is -5.94. The first-order valence-corrected chi connectivity index (χ1v) is 11.9. The summed E-state index contributed by atoms with van der Waals surface area (Å²) in [7, 11) is 0. The van der Waals surface area contributed by atoms with Crippen molar-refractivity contribution in [3.63, 3.8) is 0 Å². The van der Waals surface area contributed by atoms with E-state index in [1.807, 2.05) is 19.2 Å². The SMILES string of the molecule is CC(C)C[C@H](NC(=O)C(NC(=O)C(F)F)C(C)OC(C)(C)C)C(=O)NCC(C(N)=O)C1CCNC1=O. The largest absolute Gasteiger partial charge is 0.370 e. The van der Waals surface area contributed by atoms with Crippen LogP contribution in [0.15, 0.2) is 0 Å². The summed E-state index contributed by atoms with van der Waals surface area (Å²) in [6.07, 6.45) is -3.79. The molecule has 1 aliphatic heterocycles. The minimum Gasteiger partial charge on any atom is -0.370 e. The van der Waals surface area contributed by atoms with Gasteiger partial charge in [-0.1, -0.05) is 13.8 Å². The van der Waals surface area contributed by atoms with Crippen molar-refractivity contribution >= 4 is 29.5 Å². The molecule has 0 aromatic carbocycles. The molecule has 0 aliphatic carbocycles. The van der Waals surface area contributed by atoms with Gasteiger partial charge in [-0.15, -0.1) is 0 Å².